The van der Waals surface area contributed by atoms with Gasteiger partial charge in [-0.05, 0) is 35.7 Å². The summed E-state index contributed by atoms with van der Waals surface area (Å²) in [4.78, 5) is 12.6. The van der Waals surface area contributed by atoms with Crippen LogP contribution in [-0.4, -0.2) is 39.4 Å². The number of hydrogen-bond acceptors (Lipinski definition) is 6. The molecule has 4 rings (SSSR count). The van der Waals surface area contributed by atoms with Gasteiger partial charge in [0.25, 0.3) is 0 Å². The van der Waals surface area contributed by atoms with Crippen molar-refractivity contribution in [2.75, 3.05) is 19.0 Å². The van der Waals surface area contributed by atoms with Crippen LogP contribution in [0.2, 0.25) is 0 Å². The SMILES string of the molecule is COCC(=O)Nc1ccc(-c2ccc3nnc(-c4cccs4)n3n2)cc1. The first-order valence-electron chi connectivity index (χ1n) is 7.90. The summed E-state index contributed by atoms with van der Waals surface area (Å²) in [5.41, 5.74) is 3.13. The third-order valence-corrected chi connectivity index (χ3v) is 4.61. The van der Waals surface area contributed by atoms with E-state index in [0.717, 1.165) is 22.0 Å². The van der Waals surface area contributed by atoms with E-state index in [1.165, 1.54) is 7.11 Å². The third-order valence-electron chi connectivity index (χ3n) is 3.74. The lowest BCUT2D eigenvalue weighted by Gasteiger charge is -2.06. The maximum atomic E-state index is 11.6. The Balaban J connectivity index is 1.64. The van der Waals surface area contributed by atoms with E-state index in [1.54, 1.807) is 15.9 Å². The molecule has 0 radical (unpaired) electrons. The fraction of sp³-hybridized carbons (Fsp3) is 0.111. The second-order valence-corrected chi connectivity index (χ2v) is 6.50. The molecule has 7 nitrogen and oxygen atoms in total. The highest BCUT2D eigenvalue weighted by atomic mass is 32.1. The number of benzene rings is 1. The number of nitrogens with one attached hydrogen (secondary N) is 1. The second-order valence-electron chi connectivity index (χ2n) is 5.55. The van der Waals surface area contributed by atoms with Crippen molar-refractivity contribution in [1.82, 2.24) is 19.8 Å². The maximum absolute atomic E-state index is 11.6. The zero-order valence-electron chi connectivity index (χ0n) is 13.9. The summed E-state index contributed by atoms with van der Waals surface area (Å²) < 4.78 is 6.55. The number of nitrogens with zero attached hydrogens (tertiary/aromatic N) is 4. The predicted molar refractivity (Wildman–Crippen MR) is 100 cm³/mol. The zero-order chi connectivity index (χ0) is 17.9. The highest BCUT2D eigenvalue weighted by Gasteiger charge is 2.11. The molecular formula is C18H15N5O2S. The van der Waals surface area contributed by atoms with Gasteiger partial charge in [-0.2, -0.15) is 9.61 Å². The van der Waals surface area contributed by atoms with Gasteiger partial charge >= 0.3 is 0 Å². The molecule has 0 aliphatic heterocycles. The Labute approximate surface area is 153 Å². The lowest BCUT2D eigenvalue weighted by molar-refractivity contribution is -0.119. The number of methoxy groups -OCH3 is 1. The quantitative estimate of drug-likeness (QED) is 0.588. The molecule has 1 aromatic carbocycles. The van der Waals surface area contributed by atoms with Gasteiger partial charge in [-0.1, -0.05) is 18.2 Å². The smallest absolute Gasteiger partial charge is 0.250 e. The number of rotatable bonds is 5. The van der Waals surface area contributed by atoms with E-state index in [1.807, 2.05) is 53.9 Å². The van der Waals surface area contributed by atoms with E-state index < -0.39 is 0 Å². The molecule has 1 N–H and O–H groups in total. The molecule has 0 spiro atoms. The monoisotopic (exact) mass is 365 g/mol. The highest BCUT2D eigenvalue weighted by molar-refractivity contribution is 7.13. The maximum Gasteiger partial charge on any atom is 0.250 e. The number of fused-ring (bicyclic) bond motifs is 1. The van der Waals surface area contributed by atoms with Gasteiger partial charge in [-0.3, -0.25) is 4.79 Å². The minimum absolute atomic E-state index is 0.0269. The summed E-state index contributed by atoms with van der Waals surface area (Å²) in [6.07, 6.45) is 0. The van der Waals surface area contributed by atoms with E-state index in [9.17, 15) is 4.79 Å². The van der Waals surface area contributed by atoms with E-state index in [2.05, 4.69) is 20.6 Å². The zero-order valence-corrected chi connectivity index (χ0v) is 14.7. The van der Waals surface area contributed by atoms with Crippen molar-refractivity contribution in [1.29, 1.82) is 0 Å². The summed E-state index contributed by atoms with van der Waals surface area (Å²) >= 11 is 1.59. The van der Waals surface area contributed by atoms with Crippen molar-refractivity contribution in [2.45, 2.75) is 0 Å². The molecule has 0 saturated heterocycles. The van der Waals surface area contributed by atoms with Crippen LogP contribution in [0.1, 0.15) is 0 Å². The van der Waals surface area contributed by atoms with Gasteiger partial charge in [-0.25, -0.2) is 0 Å². The number of carbonyl (C=O) groups is 1. The number of ether oxygens (including phenoxy) is 1. The van der Waals surface area contributed by atoms with Gasteiger partial charge in [0, 0.05) is 18.4 Å². The Hall–Kier alpha value is -3.10. The average molecular weight is 365 g/mol. The van der Waals surface area contributed by atoms with Gasteiger partial charge in [0.15, 0.2) is 11.5 Å². The number of amides is 1. The number of thiophene rings is 1. The summed E-state index contributed by atoms with van der Waals surface area (Å²) in [6.45, 7) is 0.0269. The van der Waals surface area contributed by atoms with Crippen LogP contribution in [0.25, 0.3) is 27.6 Å². The molecule has 8 heteroatoms. The van der Waals surface area contributed by atoms with E-state index >= 15 is 0 Å². The molecule has 0 bridgehead atoms. The van der Waals surface area contributed by atoms with Crippen molar-refractivity contribution in [2.24, 2.45) is 0 Å². The van der Waals surface area contributed by atoms with Crippen LogP contribution in [0.15, 0.2) is 53.9 Å². The average Bonchev–Trinajstić information content (AvgIpc) is 3.31. The first kappa shape index (κ1) is 16.4. The van der Waals surface area contributed by atoms with E-state index in [4.69, 9.17) is 4.74 Å². The molecule has 0 fully saturated rings. The Morgan fingerprint density at radius 1 is 1.15 bits per heavy atom. The Morgan fingerprint density at radius 2 is 2.00 bits per heavy atom. The minimum Gasteiger partial charge on any atom is -0.375 e. The first-order chi connectivity index (χ1) is 12.7. The van der Waals surface area contributed by atoms with Gasteiger partial charge in [0.05, 0.1) is 10.6 Å². The molecule has 0 aliphatic rings. The standard InChI is InChI=1S/C18H15N5O2S/c1-25-11-17(24)19-13-6-4-12(5-7-13)14-8-9-16-20-21-18(23(16)22-14)15-3-2-10-26-15/h2-10H,11H2,1H3,(H,19,24). The fourth-order valence-corrected chi connectivity index (χ4v) is 3.25. The topological polar surface area (TPSA) is 81.4 Å². The van der Waals surface area contributed by atoms with Crippen molar-refractivity contribution < 1.29 is 9.53 Å². The lowest BCUT2D eigenvalue weighted by Crippen LogP contribution is -2.16. The number of carbonyl (C=O) groups excluding carboxylic acids is 1. The molecule has 26 heavy (non-hydrogen) atoms. The van der Waals surface area contributed by atoms with E-state index in [0.29, 0.717) is 11.3 Å². The van der Waals surface area contributed by atoms with Gasteiger partial charge < -0.3 is 10.1 Å². The normalized spacial score (nSPS) is 11.0. The van der Waals surface area contributed by atoms with Crippen LogP contribution in [0.3, 0.4) is 0 Å². The highest BCUT2D eigenvalue weighted by Crippen LogP contribution is 2.25. The summed E-state index contributed by atoms with van der Waals surface area (Å²) in [5, 5.41) is 17.8. The third kappa shape index (κ3) is 3.19. The van der Waals surface area contributed by atoms with Crippen LogP contribution < -0.4 is 5.32 Å². The van der Waals surface area contributed by atoms with Crippen LogP contribution in [0, 0.1) is 0 Å². The molecule has 0 atom stereocenters. The molecule has 1 amide bonds. The van der Waals surface area contributed by atoms with Crippen LogP contribution in [0.5, 0.6) is 0 Å². The van der Waals surface area contributed by atoms with Gasteiger partial charge in [-0.15, -0.1) is 21.5 Å². The summed E-state index contributed by atoms with van der Waals surface area (Å²) in [6, 6.07) is 15.2. The Bertz CT molecular complexity index is 1040. The second kappa shape index (κ2) is 7.03. The lowest BCUT2D eigenvalue weighted by atomic mass is 10.1. The van der Waals surface area contributed by atoms with Gasteiger partial charge in [0.2, 0.25) is 5.91 Å². The molecule has 0 saturated carbocycles. The fourth-order valence-electron chi connectivity index (χ4n) is 2.55. The molecule has 0 aliphatic carbocycles. The molecular weight excluding hydrogens is 350 g/mol. The van der Waals surface area contributed by atoms with E-state index in [-0.39, 0.29) is 12.5 Å². The van der Waals surface area contributed by atoms with Gasteiger partial charge in [0.1, 0.15) is 6.61 Å². The van der Waals surface area contributed by atoms with Crippen LogP contribution >= 0.6 is 11.3 Å². The van der Waals surface area contributed by atoms with Crippen molar-refractivity contribution in [3.63, 3.8) is 0 Å². The number of hydrogen-bond donors (Lipinski definition) is 1. The predicted octanol–water partition coefficient (Wildman–Crippen LogP) is 3.10. The molecule has 0 unspecified atom stereocenters. The summed E-state index contributed by atoms with van der Waals surface area (Å²) in [5.74, 6) is 0.533. The first-order valence-corrected chi connectivity index (χ1v) is 8.78. The summed E-state index contributed by atoms with van der Waals surface area (Å²) in [7, 11) is 1.49. The van der Waals surface area contributed by atoms with Crippen molar-refractivity contribution in [3.05, 3.63) is 53.9 Å². The van der Waals surface area contributed by atoms with Crippen molar-refractivity contribution >= 4 is 28.6 Å². The largest absolute Gasteiger partial charge is 0.375 e. The van der Waals surface area contributed by atoms with Crippen LogP contribution in [0.4, 0.5) is 5.69 Å². The minimum atomic E-state index is -0.190. The molecule has 3 aromatic heterocycles. The number of aromatic nitrogens is 4. The molecule has 4 aromatic rings. The Morgan fingerprint density at radius 3 is 2.73 bits per heavy atom. The van der Waals surface area contributed by atoms with Crippen LogP contribution in [-0.2, 0) is 9.53 Å². The molecule has 130 valence electrons. The number of anilines is 1. The van der Waals surface area contributed by atoms with Crippen molar-refractivity contribution in [3.8, 4) is 22.0 Å². The Kier molecular flexibility index (Phi) is 4.42. The molecule has 3 heterocycles.